The summed E-state index contributed by atoms with van der Waals surface area (Å²) in [5, 5.41) is 20.6. The van der Waals surface area contributed by atoms with E-state index in [0.29, 0.717) is 32.4 Å². The molecular weight excluding hydrogens is 252 g/mol. The van der Waals surface area contributed by atoms with Gasteiger partial charge in [0.25, 0.3) is 0 Å². The molecule has 1 aliphatic rings. The van der Waals surface area contributed by atoms with Crippen molar-refractivity contribution in [1.82, 2.24) is 10.2 Å². The fourth-order valence-corrected chi connectivity index (χ4v) is 2.24. The molecule has 110 valence electrons. The number of ether oxygens (including phenoxy) is 1. The van der Waals surface area contributed by atoms with Gasteiger partial charge < -0.3 is 25.2 Å². The third-order valence-corrected chi connectivity index (χ3v) is 3.33. The van der Waals surface area contributed by atoms with Crippen LogP contribution in [0.15, 0.2) is 0 Å². The van der Waals surface area contributed by atoms with E-state index < -0.39 is 5.97 Å². The number of hydrogen-bond donors (Lipinski definition) is 3. The molecule has 0 spiro atoms. The predicted octanol–water partition coefficient (Wildman–Crippen LogP) is -0.110. The van der Waals surface area contributed by atoms with E-state index in [2.05, 4.69) is 5.32 Å². The van der Waals surface area contributed by atoms with Crippen molar-refractivity contribution < 1.29 is 24.5 Å². The third kappa shape index (κ3) is 5.04. The Hall–Kier alpha value is -1.34. The number of urea groups is 1. The van der Waals surface area contributed by atoms with Crippen molar-refractivity contribution in [3.8, 4) is 0 Å². The number of carboxylic acids is 1. The van der Waals surface area contributed by atoms with E-state index in [1.807, 2.05) is 0 Å². The largest absolute Gasteiger partial charge is 0.481 e. The van der Waals surface area contributed by atoms with Crippen LogP contribution >= 0.6 is 0 Å². The summed E-state index contributed by atoms with van der Waals surface area (Å²) in [6, 6.07) is -0.375. The maximum Gasteiger partial charge on any atom is 0.317 e. The molecule has 0 aromatic carbocycles. The van der Waals surface area contributed by atoms with Crippen LogP contribution in [0, 0.1) is 5.92 Å². The van der Waals surface area contributed by atoms with Crippen molar-refractivity contribution in [2.75, 3.05) is 33.4 Å². The second-order valence-corrected chi connectivity index (χ2v) is 4.70. The van der Waals surface area contributed by atoms with Crippen LogP contribution in [0.3, 0.4) is 0 Å². The molecule has 0 radical (unpaired) electrons. The van der Waals surface area contributed by atoms with Gasteiger partial charge in [0.05, 0.1) is 19.1 Å². The molecule has 0 aromatic rings. The number of aliphatic hydroxyl groups is 1. The molecule has 0 aliphatic heterocycles. The first-order valence-electron chi connectivity index (χ1n) is 6.46. The molecule has 19 heavy (non-hydrogen) atoms. The van der Waals surface area contributed by atoms with Gasteiger partial charge in [0.1, 0.15) is 0 Å². The summed E-state index contributed by atoms with van der Waals surface area (Å²) < 4.78 is 4.91. The van der Waals surface area contributed by atoms with Gasteiger partial charge in [0.2, 0.25) is 0 Å². The maximum absolute atomic E-state index is 12.0. The number of carbonyl (C=O) groups is 2. The Bertz CT molecular complexity index is 310. The molecule has 0 bridgehead atoms. The van der Waals surface area contributed by atoms with E-state index >= 15 is 0 Å². The van der Waals surface area contributed by atoms with Crippen molar-refractivity contribution in [3.05, 3.63) is 0 Å². The van der Waals surface area contributed by atoms with Crippen LogP contribution in [0.1, 0.15) is 19.3 Å². The van der Waals surface area contributed by atoms with Crippen molar-refractivity contribution >= 4 is 12.0 Å². The Morgan fingerprint density at radius 1 is 1.37 bits per heavy atom. The van der Waals surface area contributed by atoms with Gasteiger partial charge in [-0.2, -0.15) is 0 Å². The van der Waals surface area contributed by atoms with Gasteiger partial charge >= 0.3 is 12.0 Å². The average Bonchev–Trinajstić information content (AvgIpc) is 2.83. The van der Waals surface area contributed by atoms with E-state index in [4.69, 9.17) is 14.9 Å². The number of amides is 2. The van der Waals surface area contributed by atoms with Crippen LogP contribution in [0.4, 0.5) is 4.79 Å². The summed E-state index contributed by atoms with van der Waals surface area (Å²) in [5.41, 5.74) is 0. The summed E-state index contributed by atoms with van der Waals surface area (Å²) in [7, 11) is 1.55. The number of hydrogen-bond acceptors (Lipinski definition) is 4. The Morgan fingerprint density at radius 2 is 2.11 bits per heavy atom. The average molecular weight is 274 g/mol. The van der Waals surface area contributed by atoms with Crippen molar-refractivity contribution in [1.29, 1.82) is 0 Å². The number of aliphatic carboxylic acids is 1. The highest BCUT2D eigenvalue weighted by Crippen LogP contribution is 2.25. The normalized spacial score (nSPS) is 22.2. The van der Waals surface area contributed by atoms with Crippen LogP contribution in [-0.2, 0) is 9.53 Å². The van der Waals surface area contributed by atoms with E-state index in [1.165, 1.54) is 4.90 Å². The summed E-state index contributed by atoms with van der Waals surface area (Å²) in [6.07, 6.45) is 1.75. The van der Waals surface area contributed by atoms with Gasteiger partial charge in [-0.3, -0.25) is 4.79 Å². The Morgan fingerprint density at radius 3 is 2.63 bits per heavy atom. The molecule has 7 nitrogen and oxygen atoms in total. The number of rotatable bonds is 7. The van der Waals surface area contributed by atoms with Crippen molar-refractivity contribution in [2.24, 2.45) is 5.92 Å². The summed E-state index contributed by atoms with van der Waals surface area (Å²) in [5.74, 6) is -1.17. The molecule has 0 unspecified atom stereocenters. The van der Waals surface area contributed by atoms with Crippen LogP contribution < -0.4 is 5.32 Å². The van der Waals surface area contributed by atoms with Gasteiger partial charge in [0.15, 0.2) is 0 Å². The fourth-order valence-electron chi connectivity index (χ4n) is 2.24. The molecule has 2 atom stereocenters. The highest BCUT2D eigenvalue weighted by atomic mass is 16.5. The second-order valence-electron chi connectivity index (χ2n) is 4.70. The number of methoxy groups -OCH3 is 1. The monoisotopic (exact) mass is 274 g/mol. The SMILES string of the molecule is COCCN(CCO)C(=O)N[C@H]1CC[C@@H](C(=O)O)C1. The number of aliphatic hydroxyl groups excluding tert-OH is 1. The Balaban J connectivity index is 2.41. The minimum absolute atomic E-state index is 0.0997. The molecule has 1 aliphatic carbocycles. The molecule has 0 saturated heterocycles. The topological polar surface area (TPSA) is 99.1 Å². The van der Waals surface area contributed by atoms with Gasteiger partial charge in [-0.1, -0.05) is 0 Å². The summed E-state index contributed by atoms with van der Waals surface area (Å²) in [4.78, 5) is 24.3. The number of carboxylic acid groups (broad SMARTS) is 1. The Labute approximate surface area is 112 Å². The van der Waals surface area contributed by atoms with Crippen molar-refractivity contribution in [3.63, 3.8) is 0 Å². The first kappa shape index (κ1) is 15.7. The van der Waals surface area contributed by atoms with Crippen LogP contribution in [0.2, 0.25) is 0 Å². The van der Waals surface area contributed by atoms with E-state index in [1.54, 1.807) is 7.11 Å². The molecule has 1 fully saturated rings. The smallest absolute Gasteiger partial charge is 0.317 e. The van der Waals surface area contributed by atoms with Gasteiger partial charge in [-0.15, -0.1) is 0 Å². The number of nitrogens with one attached hydrogen (secondary N) is 1. The molecule has 7 heteroatoms. The first-order valence-corrected chi connectivity index (χ1v) is 6.46. The molecule has 0 heterocycles. The molecule has 0 aromatic heterocycles. The summed E-state index contributed by atoms with van der Waals surface area (Å²) >= 11 is 0. The zero-order valence-corrected chi connectivity index (χ0v) is 11.2. The number of nitrogens with zero attached hydrogens (tertiary/aromatic N) is 1. The van der Waals surface area contributed by atoms with Crippen LogP contribution in [-0.4, -0.2) is 66.6 Å². The predicted molar refractivity (Wildman–Crippen MR) is 67.8 cm³/mol. The number of carbonyl (C=O) groups excluding carboxylic acids is 1. The van der Waals surface area contributed by atoms with E-state index in [-0.39, 0.29) is 31.1 Å². The Kier molecular flexibility index (Phi) is 6.58. The lowest BCUT2D eigenvalue weighted by Gasteiger charge is -2.24. The lowest BCUT2D eigenvalue weighted by Crippen LogP contribution is -2.46. The molecular formula is C12H22N2O5. The molecule has 2 amide bonds. The minimum Gasteiger partial charge on any atom is -0.481 e. The van der Waals surface area contributed by atoms with E-state index in [0.717, 1.165) is 0 Å². The van der Waals surface area contributed by atoms with E-state index in [9.17, 15) is 9.59 Å². The first-order chi connectivity index (χ1) is 9.08. The van der Waals surface area contributed by atoms with Gasteiger partial charge in [0, 0.05) is 26.2 Å². The standard InChI is InChI=1S/C12H22N2O5/c1-19-7-5-14(4-6-15)12(18)13-10-3-2-9(8-10)11(16)17/h9-10,15H,2-8H2,1H3,(H,13,18)(H,16,17)/t9-,10+/m1/s1. The minimum atomic E-state index is -0.802. The third-order valence-electron chi connectivity index (χ3n) is 3.33. The second kappa shape index (κ2) is 7.96. The van der Waals surface area contributed by atoms with Crippen molar-refractivity contribution in [2.45, 2.75) is 25.3 Å². The van der Waals surface area contributed by atoms with Crippen LogP contribution in [0.25, 0.3) is 0 Å². The molecule has 1 rings (SSSR count). The van der Waals surface area contributed by atoms with Gasteiger partial charge in [-0.25, -0.2) is 4.79 Å². The lowest BCUT2D eigenvalue weighted by atomic mass is 10.1. The highest BCUT2D eigenvalue weighted by molar-refractivity contribution is 5.75. The zero-order valence-electron chi connectivity index (χ0n) is 11.2. The van der Waals surface area contributed by atoms with Gasteiger partial charge in [-0.05, 0) is 19.3 Å². The fraction of sp³-hybridized carbons (Fsp3) is 0.833. The van der Waals surface area contributed by atoms with Crippen LogP contribution in [0.5, 0.6) is 0 Å². The highest BCUT2D eigenvalue weighted by Gasteiger charge is 2.31. The zero-order chi connectivity index (χ0) is 14.3. The quantitative estimate of drug-likeness (QED) is 0.601. The lowest BCUT2D eigenvalue weighted by molar-refractivity contribution is -0.141. The molecule has 3 N–H and O–H groups in total. The maximum atomic E-state index is 12.0. The molecule has 1 saturated carbocycles. The summed E-state index contributed by atoms with van der Waals surface area (Å²) in [6.45, 7) is 0.928.